The molecule has 0 bridgehead atoms. The number of aromatic nitrogens is 2. The minimum absolute atomic E-state index is 0.0130. The van der Waals surface area contributed by atoms with Crippen LogP contribution in [0, 0.1) is 5.82 Å². The van der Waals surface area contributed by atoms with Crippen molar-refractivity contribution in [3.05, 3.63) is 59.5 Å². The Bertz CT molecular complexity index is 1020. The Morgan fingerprint density at radius 1 is 1.35 bits per heavy atom. The number of primary amides is 1. The Morgan fingerprint density at radius 2 is 2.12 bits per heavy atom. The highest BCUT2D eigenvalue weighted by atomic mass is 19.1. The maximum atomic E-state index is 14.3. The molecule has 1 aliphatic heterocycles. The smallest absolute Gasteiger partial charge is 0.251 e. The predicted octanol–water partition coefficient (Wildman–Crippen LogP) is 2.68. The van der Waals surface area contributed by atoms with E-state index in [1.807, 2.05) is 0 Å². The topological polar surface area (TPSA) is 72.9 Å². The molecule has 5 nitrogen and oxygen atoms in total. The highest BCUT2D eigenvalue weighted by molar-refractivity contribution is 6.04. The van der Waals surface area contributed by atoms with Gasteiger partial charge in [0.25, 0.3) is 5.91 Å². The van der Waals surface area contributed by atoms with Crippen molar-refractivity contribution in [3.63, 3.8) is 0 Å². The number of nitrogens with two attached hydrogens (primary N) is 1. The molecule has 7 heteroatoms. The quantitative estimate of drug-likeness (QED) is 0.757. The number of hydrogen-bond donors (Lipinski definition) is 2. The van der Waals surface area contributed by atoms with Gasteiger partial charge in [-0.25, -0.2) is 13.5 Å². The van der Waals surface area contributed by atoms with Gasteiger partial charge in [-0.1, -0.05) is 12.1 Å². The molecule has 1 saturated heterocycles. The number of carbonyl (C=O) groups excluding carboxylic acids is 1. The lowest BCUT2D eigenvalue weighted by Gasteiger charge is -2.27. The molecule has 2 heterocycles. The SMILES string of the molecule is [2H][C@]1(c2ccc(-n3cc4cc(F)cc(C(N)=O)c4n3)cc2)CNCC[C@H]1F. The summed E-state index contributed by atoms with van der Waals surface area (Å²) in [5.41, 5.74) is 6.86. The molecule has 0 aliphatic carbocycles. The first-order valence-corrected chi connectivity index (χ1v) is 8.33. The lowest BCUT2D eigenvalue weighted by atomic mass is 9.90. The van der Waals surface area contributed by atoms with Gasteiger partial charge >= 0.3 is 0 Å². The van der Waals surface area contributed by atoms with Crippen molar-refractivity contribution < 1.29 is 14.9 Å². The van der Waals surface area contributed by atoms with E-state index in [0.29, 0.717) is 35.1 Å². The van der Waals surface area contributed by atoms with Gasteiger partial charge in [0.15, 0.2) is 0 Å². The van der Waals surface area contributed by atoms with Crippen LogP contribution in [0.2, 0.25) is 0 Å². The number of rotatable bonds is 3. The molecule has 1 amide bonds. The fourth-order valence-corrected chi connectivity index (χ4v) is 3.27. The molecule has 1 fully saturated rings. The van der Waals surface area contributed by atoms with Gasteiger partial charge in [-0.3, -0.25) is 4.79 Å². The number of nitrogens with one attached hydrogen (secondary N) is 1. The lowest BCUT2D eigenvalue weighted by molar-refractivity contribution is 0.100. The number of piperidine rings is 1. The maximum absolute atomic E-state index is 14.3. The van der Waals surface area contributed by atoms with E-state index < -0.39 is 23.8 Å². The number of amides is 1. The molecule has 1 aromatic heterocycles. The standard InChI is InChI=1S/C19H18F2N4O/c20-13-7-12-10-25(24-18(12)15(8-13)19(22)26)14-3-1-11(2-4-14)16-9-23-6-5-17(16)21/h1-4,7-8,10,16-17,23H,5-6,9H2,(H2,22,26)/t16-,17-/m1/s1/i16D. The molecule has 26 heavy (non-hydrogen) atoms. The van der Waals surface area contributed by atoms with Crippen LogP contribution in [0.5, 0.6) is 0 Å². The Hall–Kier alpha value is -2.80. The van der Waals surface area contributed by atoms with Gasteiger partial charge in [0.1, 0.15) is 17.5 Å². The van der Waals surface area contributed by atoms with Crippen molar-refractivity contribution in [3.8, 4) is 5.69 Å². The van der Waals surface area contributed by atoms with E-state index in [0.717, 1.165) is 6.07 Å². The lowest BCUT2D eigenvalue weighted by Crippen LogP contribution is -2.36. The molecule has 3 aromatic rings. The summed E-state index contributed by atoms with van der Waals surface area (Å²) in [4.78, 5) is 11.5. The Morgan fingerprint density at radius 3 is 2.81 bits per heavy atom. The molecule has 0 spiro atoms. The van der Waals surface area contributed by atoms with Crippen molar-refractivity contribution in [1.29, 1.82) is 0 Å². The van der Waals surface area contributed by atoms with Crippen molar-refractivity contribution >= 4 is 16.8 Å². The second kappa shape index (κ2) is 6.49. The van der Waals surface area contributed by atoms with Crippen LogP contribution < -0.4 is 11.1 Å². The number of halogens is 2. The number of benzene rings is 2. The van der Waals surface area contributed by atoms with Crippen LogP contribution in [0.4, 0.5) is 8.78 Å². The third kappa shape index (κ3) is 2.94. The number of hydrogen-bond acceptors (Lipinski definition) is 3. The average Bonchev–Trinajstić information content (AvgIpc) is 3.07. The molecular formula is C19H18F2N4O. The Kier molecular flexibility index (Phi) is 3.86. The molecule has 3 N–H and O–H groups in total. The van der Waals surface area contributed by atoms with Crippen LogP contribution in [-0.4, -0.2) is 34.9 Å². The van der Waals surface area contributed by atoms with Gasteiger partial charge in [0.05, 0.1) is 11.3 Å². The Balaban J connectivity index is 1.72. The van der Waals surface area contributed by atoms with E-state index >= 15 is 0 Å². The predicted molar refractivity (Wildman–Crippen MR) is 94.7 cm³/mol. The number of carbonyl (C=O) groups is 1. The highest BCUT2D eigenvalue weighted by Gasteiger charge is 2.25. The summed E-state index contributed by atoms with van der Waals surface area (Å²) in [6.07, 6.45) is 0.659. The summed E-state index contributed by atoms with van der Waals surface area (Å²) in [5, 5.41) is 7.85. The van der Waals surface area contributed by atoms with E-state index in [1.54, 1.807) is 30.5 Å². The van der Waals surface area contributed by atoms with E-state index in [1.165, 1.54) is 10.7 Å². The number of alkyl halides is 1. The van der Waals surface area contributed by atoms with Crippen molar-refractivity contribution in [2.24, 2.45) is 5.73 Å². The fraction of sp³-hybridized carbons (Fsp3) is 0.263. The van der Waals surface area contributed by atoms with Gasteiger partial charge in [-0.2, -0.15) is 5.10 Å². The number of nitrogens with zero attached hydrogens (tertiary/aromatic N) is 2. The third-order valence-electron chi connectivity index (χ3n) is 4.61. The van der Waals surface area contributed by atoms with Crippen LogP contribution in [0.1, 0.15) is 29.6 Å². The van der Waals surface area contributed by atoms with Crippen molar-refractivity contribution in [1.82, 2.24) is 15.1 Å². The van der Waals surface area contributed by atoms with Crippen LogP contribution in [0.15, 0.2) is 42.6 Å². The van der Waals surface area contributed by atoms with Gasteiger partial charge in [-0.15, -0.1) is 0 Å². The van der Waals surface area contributed by atoms with Gasteiger partial charge in [-0.05, 0) is 42.8 Å². The molecule has 0 unspecified atom stereocenters. The molecule has 4 rings (SSSR count). The van der Waals surface area contributed by atoms with Crippen LogP contribution in [0.25, 0.3) is 16.6 Å². The zero-order valence-corrected chi connectivity index (χ0v) is 13.9. The first-order chi connectivity index (χ1) is 12.9. The molecule has 0 radical (unpaired) electrons. The second-order valence-corrected chi connectivity index (χ2v) is 6.33. The van der Waals surface area contributed by atoms with Gasteiger partial charge in [0, 0.05) is 25.4 Å². The first kappa shape index (κ1) is 15.5. The molecule has 2 aromatic carbocycles. The normalized spacial score (nSPS) is 23.8. The zero-order valence-electron chi connectivity index (χ0n) is 14.9. The summed E-state index contributed by atoms with van der Waals surface area (Å²) >= 11 is 0. The third-order valence-corrected chi connectivity index (χ3v) is 4.61. The van der Waals surface area contributed by atoms with Crippen LogP contribution in [-0.2, 0) is 0 Å². The molecule has 134 valence electrons. The second-order valence-electron chi connectivity index (χ2n) is 6.33. The van der Waals surface area contributed by atoms with E-state index in [9.17, 15) is 13.6 Å². The number of fused-ring (bicyclic) bond motifs is 1. The molecule has 0 saturated carbocycles. The first-order valence-electron chi connectivity index (χ1n) is 8.83. The molecule has 1 aliphatic rings. The fourth-order valence-electron chi connectivity index (χ4n) is 3.27. The summed E-state index contributed by atoms with van der Waals surface area (Å²) in [7, 11) is 0. The van der Waals surface area contributed by atoms with Crippen molar-refractivity contribution in [2.45, 2.75) is 18.5 Å². The zero-order chi connectivity index (χ0) is 19.2. The maximum Gasteiger partial charge on any atom is 0.251 e. The largest absolute Gasteiger partial charge is 0.366 e. The summed E-state index contributed by atoms with van der Waals surface area (Å²) < 4.78 is 38.0. The van der Waals surface area contributed by atoms with Gasteiger partial charge < -0.3 is 11.1 Å². The summed E-state index contributed by atoms with van der Waals surface area (Å²) in [6.45, 7) is 0.818. The van der Waals surface area contributed by atoms with E-state index in [4.69, 9.17) is 7.10 Å². The van der Waals surface area contributed by atoms with Crippen molar-refractivity contribution in [2.75, 3.05) is 13.1 Å². The van der Waals surface area contributed by atoms with Crippen LogP contribution in [0.3, 0.4) is 0 Å². The van der Waals surface area contributed by atoms with E-state index in [-0.39, 0.29) is 12.1 Å². The minimum Gasteiger partial charge on any atom is -0.366 e. The monoisotopic (exact) mass is 357 g/mol. The summed E-state index contributed by atoms with van der Waals surface area (Å²) in [5.74, 6) is -2.65. The average molecular weight is 357 g/mol. The highest BCUT2D eigenvalue weighted by Crippen LogP contribution is 2.27. The Labute approximate surface area is 150 Å². The molecular weight excluding hydrogens is 338 g/mol. The minimum atomic E-state index is -1.33. The molecule has 2 atom stereocenters. The van der Waals surface area contributed by atoms with Crippen LogP contribution >= 0.6 is 0 Å². The summed E-state index contributed by atoms with van der Waals surface area (Å²) in [6, 6.07) is 9.18. The van der Waals surface area contributed by atoms with Gasteiger partial charge in [0.2, 0.25) is 0 Å². The van der Waals surface area contributed by atoms with E-state index in [2.05, 4.69) is 10.4 Å².